The zero-order valence-electron chi connectivity index (χ0n) is 42.9. The largest absolute Gasteiger partial charge is 0.399 e. The highest BCUT2D eigenvalue weighted by Crippen LogP contribution is 2.34. The Kier molecular flexibility index (Phi) is 20.8. The lowest BCUT2D eigenvalue weighted by atomic mass is 9.92. The van der Waals surface area contributed by atoms with Crippen LogP contribution in [0, 0.1) is 24.4 Å². The Balaban J connectivity index is 0.000000183. The van der Waals surface area contributed by atoms with E-state index in [4.69, 9.17) is 41.9 Å². The van der Waals surface area contributed by atoms with Crippen molar-refractivity contribution in [3.63, 3.8) is 0 Å². The third-order valence-electron chi connectivity index (χ3n) is 12.0. The van der Waals surface area contributed by atoms with Crippen LogP contribution in [0.3, 0.4) is 0 Å². The fourth-order valence-corrected chi connectivity index (χ4v) is 8.49. The van der Waals surface area contributed by atoms with E-state index in [1.165, 1.54) is 30.4 Å². The Morgan fingerprint density at radius 2 is 0.885 bits per heavy atom. The van der Waals surface area contributed by atoms with Gasteiger partial charge in [0.05, 0.1) is 0 Å². The number of benzene rings is 6. The summed E-state index contributed by atoms with van der Waals surface area (Å²) < 4.78 is 36.0. The Labute approximate surface area is 453 Å². The van der Waals surface area contributed by atoms with Crippen molar-refractivity contribution in [2.24, 2.45) is 17.2 Å². The van der Waals surface area contributed by atoms with Gasteiger partial charge in [-0.1, -0.05) is 103 Å². The van der Waals surface area contributed by atoms with Crippen molar-refractivity contribution in [1.82, 2.24) is 24.9 Å². The van der Waals surface area contributed by atoms with Gasteiger partial charge < -0.3 is 28.7 Å². The average molecular weight is 1060 g/mol. The van der Waals surface area contributed by atoms with Crippen LogP contribution in [-0.4, -0.2) is 51.1 Å². The van der Waals surface area contributed by atoms with Crippen molar-refractivity contribution in [2.45, 2.75) is 52.4 Å². The van der Waals surface area contributed by atoms with Crippen LogP contribution in [0.2, 0.25) is 0 Å². The van der Waals surface area contributed by atoms with Gasteiger partial charge in [-0.25, -0.2) is 29.3 Å². The van der Waals surface area contributed by atoms with Gasteiger partial charge in [0.15, 0.2) is 0 Å². The van der Waals surface area contributed by atoms with Crippen molar-refractivity contribution in [1.29, 1.82) is 4.78 Å². The van der Waals surface area contributed by atoms with Crippen molar-refractivity contribution in [3.05, 3.63) is 211 Å². The van der Waals surface area contributed by atoms with Gasteiger partial charge >= 0.3 is 10.5 Å². The molecule has 0 unspecified atom stereocenters. The second kappa shape index (κ2) is 28.2. The van der Waals surface area contributed by atoms with Crippen LogP contribution in [0.15, 0.2) is 177 Å². The first kappa shape index (κ1) is 57.5. The number of anilines is 2. The summed E-state index contributed by atoms with van der Waals surface area (Å²) in [5, 5.41) is 0. The number of amides is 3. The van der Waals surface area contributed by atoms with Crippen molar-refractivity contribution >= 4 is 39.7 Å². The van der Waals surface area contributed by atoms with Gasteiger partial charge in [-0.2, -0.15) is 13.2 Å². The molecule has 9 aromatic rings. The summed E-state index contributed by atoms with van der Waals surface area (Å²) in [4.78, 5) is 54.0. The summed E-state index contributed by atoms with van der Waals surface area (Å²) in [6.45, 7) is 4.07. The summed E-state index contributed by atoms with van der Waals surface area (Å²) in [6, 6.07) is 42.7. The number of hydrogen-bond acceptors (Lipinski definition) is 13. The minimum absolute atomic E-state index is 0.255. The number of pyridine rings is 1. The second-order valence-electron chi connectivity index (χ2n) is 18.0. The fourth-order valence-electron chi connectivity index (χ4n) is 8.49. The van der Waals surface area contributed by atoms with Crippen molar-refractivity contribution < 1.29 is 27.2 Å². The molecule has 0 aliphatic carbocycles. The van der Waals surface area contributed by atoms with E-state index in [0.717, 1.165) is 94.7 Å². The molecule has 3 heterocycles. The maximum atomic E-state index is 13.2. The molecule has 6 aromatic carbocycles. The topological polar surface area (TPSA) is 304 Å². The fraction of sp³-hybridized carbons (Fsp3) is 0.133. The average Bonchev–Trinajstić information content (AvgIpc) is 3.47. The Hall–Kier alpha value is -9.81. The molecule has 18 heteroatoms. The van der Waals surface area contributed by atoms with Gasteiger partial charge in [-0.15, -0.1) is 0 Å². The van der Waals surface area contributed by atoms with Crippen molar-refractivity contribution in [3.8, 4) is 66.8 Å². The number of aryl methyl sites for hydroxylation is 5. The van der Waals surface area contributed by atoms with E-state index in [-0.39, 0.29) is 30.0 Å². The molecule has 9 rings (SSSR count). The molecule has 3 aromatic heterocycles. The van der Waals surface area contributed by atoms with E-state index in [2.05, 4.69) is 74.3 Å². The highest BCUT2D eigenvalue weighted by molar-refractivity contribution is 7.60. The molecule has 0 atom stereocenters. The first-order valence-electron chi connectivity index (χ1n) is 24.4. The third kappa shape index (κ3) is 17.7. The van der Waals surface area contributed by atoms with Crippen LogP contribution >= 0.6 is 0 Å². The van der Waals surface area contributed by atoms with E-state index < -0.39 is 10.5 Å². The number of primary amides is 3. The molecule has 0 saturated heterocycles. The lowest BCUT2D eigenvalue weighted by Crippen LogP contribution is -2.11. The lowest BCUT2D eigenvalue weighted by Gasteiger charge is -2.13. The quantitative estimate of drug-likeness (QED) is 0.0523. The number of nitrogens with two attached hydrogens (primary N) is 5. The Morgan fingerprint density at radius 1 is 0.474 bits per heavy atom. The van der Waals surface area contributed by atoms with Gasteiger partial charge in [-0.3, -0.25) is 14.4 Å². The smallest absolute Gasteiger partial charge is 0.308 e. The molecule has 11 N–H and O–H groups in total. The summed E-state index contributed by atoms with van der Waals surface area (Å²) in [5.74, 6) is -0.767. The molecule has 0 aliphatic heterocycles. The molecule has 0 bridgehead atoms. The number of nitrogens with one attached hydrogen (secondary N) is 1. The first-order valence-corrected chi connectivity index (χ1v) is 25.5. The molecule has 0 aliphatic rings. The molecule has 78 heavy (non-hydrogen) atoms. The van der Waals surface area contributed by atoms with Crippen LogP contribution < -0.4 is 28.7 Å². The third-order valence-corrected chi connectivity index (χ3v) is 12.0. The van der Waals surface area contributed by atoms with Crippen LogP contribution in [-0.2, 0) is 44.1 Å². The summed E-state index contributed by atoms with van der Waals surface area (Å²) >= 11 is 0. The van der Waals surface area contributed by atoms with E-state index in [0.29, 0.717) is 37.9 Å². The van der Waals surface area contributed by atoms with Gasteiger partial charge in [0, 0.05) is 67.1 Å². The lowest BCUT2D eigenvalue weighted by molar-refractivity contribution is -0.118. The summed E-state index contributed by atoms with van der Waals surface area (Å²) in [7, 11) is -2.61. The normalized spacial score (nSPS) is 10.3. The highest BCUT2D eigenvalue weighted by Gasteiger charge is 2.14. The number of aromatic nitrogens is 5. The van der Waals surface area contributed by atoms with Gasteiger partial charge in [-0.05, 0) is 147 Å². The maximum Gasteiger partial charge on any atom is 0.308 e. The molecular weight excluding hydrogens is 1010 g/mol. The monoisotopic (exact) mass is 1060 g/mol. The molecule has 0 fully saturated rings. The number of carbonyl (C=O) groups excluding carboxylic acids is 3. The maximum absolute atomic E-state index is 13.2. The predicted molar refractivity (Wildman–Crippen MR) is 303 cm³/mol. The van der Waals surface area contributed by atoms with E-state index in [9.17, 15) is 18.8 Å². The standard InChI is InChI=1S/C22H20FNO.C20H20N4O.C18H17N5O.HNO2S/c1-15-3-2-4-18(13-15)21-11-7-17(14-19(21)8-12-22(24)25)16-5-9-20(23)10-6-16;1-13-6-16(9-18(21)7-13)19-4-2-14(17-10-23-12-24-11-17)8-15(19)3-5-20(22)25;19-17-8-14(5-6-23-17)16-3-1-12(15-9-21-11-22-10-15)7-13(16)2-4-18(20)24;1-4(2)3/h2-7,9-11,13-14H,8,12H2,1H3,(H2,24,25);2,4,6-12H,3,5,21H2,1H3,(H2,22,25);1,3,5-11H,2,4H2,(H2,19,23)(H2,20,24);1H. The minimum Gasteiger partial charge on any atom is -0.399 e. The Bertz CT molecular complexity index is 3620. The zero-order valence-corrected chi connectivity index (χ0v) is 43.8. The number of rotatable bonds is 15. The SMILES string of the molecule is Cc1cc(N)cc(-c2ccc(-c3cncnc3)cc2CCC(N)=O)c1.Cc1cccc(-c2ccc(-c3ccc(F)cc3)cc2CCC(N)=O)c1.N=S(=O)=O.NC(=O)CCc1cc(-c2cncnc2)ccc1-c1ccnc(N)c1. The molecule has 16 nitrogen and oxygen atoms in total. The second-order valence-corrected chi connectivity index (χ2v) is 18.5. The summed E-state index contributed by atoms with van der Waals surface area (Å²) in [5.41, 5.74) is 45.9. The van der Waals surface area contributed by atoms with Gasteiger partial charge in [0.25, 0.3) is 0 Å². The number of hydrogen-bond donors (Lipinski definition) is 6. The molecule has 3 amide bonds. The van der Waals surface area contributed by atoms with E-state index in [1.54, 1.807) is 43.1 Å². The minimum atomic E-state index is -2.61. The molecular formula is C60H58FN11O5S. The van der Waals surface area contributed by atoms with Gasteiger partial charge in [0.1, 0.15) is 24.3 Å². The highest BCUT2D eigenvalue weighted by atomic mass is 32.2. The predicted octanol–water partition coefficient (Wildman–Crippen LogP) is 9.84. The molecule has 0 saturated carbocycles. The van der Waals surface area contributed by atoms with Crippen LogP contribution in [0.4, 0.5) is 15.9 Å². The van der Waals surface area contributed by atoms with Crippen molar-refractivity contribution in [2.75, 3.05) is 11.5 Å². The van der Waals surface area contributed by atoms with Crippen LogP contribution in [0.1, 0.15) is 47.1 Å². The molecule has 0 radical (unpaired) electrons. The van der Waals surface area contributed by atoms with E-state index in [1.807, 2.05) is 73.7 Å². The number of carbonyl (C=O) groups is 3. The molecule has 0 spiro atoms. The number of nitrogens with zero attached hydrogens (tertiary/aromatic N) is 5. The van der Waals surface area contributed by atoms with E-state index >= 15 is 0 Å². The van der Waals surface area contributed by atoms with Crippen LogP contribution in [0.5, 0.6) is 0 Å². The first-order chi connectivity index (χ1) is 37.4. The summed E-state index contributed by atoms with van der Waals surface area (Å²) in [6.07, 6.45) is 14.3. The number of nitrogen functional groups attached to an aromatic ring is 2. The van der Waals surface area contributed by atoms with Crippen LogP contribution in [0.25, 0.3) is 66.8 Å². The van der Waals surface area contributed by atoms with Gasteiger partial charge in [0.2, 0.25) is 17.7 Å². The molecule has 396 valence electrons. The Morgan fingerprint density at radius 3 is 1.31 bits per heavy atom. The number of halogens is 1. The zero-order chi connectivity index (χ0) is 56.1.